The molecule has 0 aromatic rings. The summed E-state index contributed by atoms with van der Waals surface area (Å²) in [6.07, 6.45) is 1.52. The molecule has 0 rings (SSSR count). The summed E-state index contributed by atoms with van der Waals surface area (Å²) in [4.78, 5) is 11.8. The Morgan fingerprint density at radius 3 is 2.10 bits per heavy atom. The van der Waals surface area contributed by atoms with Crippen molar-refractivity contribution in [1.82, 2.24) is 0 Å². The molecule has 0 amide bonds. The van der Waals surface area contributed by atoms with Crippen molar-refractivity contribution in [3.8, 4) is 0 Å². The maximum atomic E-state index is 11.8. The van der Waals surface area contributed by atoms with Crippen LogP contribution in [-0.4, -0.2) is 33.7 Å². The zero-order valence-electron chi connectivity index (χ0n) is 14.2. The normalized spacial score (nSPS) is 15.8. The quantitative estimate of drug-likeness (QED) is 0.441. The molecule has 1 N–H and O–H groups in total. The fourth-order valence-corrected chi connectivity index (χ4v) is 3.02. The minimum absolute atomic E-state index is 0.0901. The lowest BCUT2D eigenvalue weighted by atomic mass is 9.90. The first kappa shape index (κ1) is 19.3. The van der Waals surface area contributed by atoms with E-state index in [2.05, 4.69) is 33.9 Å². The minimum atomic E-state index is -1.94. The van der Waals surface area contributed by atoms with E-state index in [1.54, 1.807) is 0 Å². The molecular formula is C15H31NO3Si. The molecule has 2 atom stereocenters. The Labute approximate surface area is 124 Å². The van der Waals surface area contributed by atoms with Crippen molar-refractivity contribution in [2.24, 2.45) is 11.8 Å². The molecule has 0 aromatic heterocycles. The van der Waals surface area contributed by atoms with Crippen LogP contribution >= 0.6 is 0 Å². The highest BCUT2D eigenvalue weighted by molar-refractivity contribution is 6.74. The van der Waals surface area contributed by atoms with Gasteiger partial charge in [0, 0.05) is 6.21 Å². The van der Waals surface area contributed by atoms with Gasteiger partial charge in [0.15, 0.2) is 8.32 Å². The molecule has 118 valence electrons. The fourth-order valence-electron chi connectivity index (χ4n) is 1.75. The Morgan fingerprint density at radius 2 is 1.80 bits per heavy atom. The number of methoxy groups -OCH3 is 1. The third kappa shape index (κ3) is 5.36. The summed E-state index contributed by atoms with van der Waals surface area (Å²) in [5.41, 5.74) is 0. The van der Waals surface area contributed by atoms with Crippen LogP contribution in [-0.2, 0) is 14.0 Å². The molecule has 0 aliphatic rings. The molecule has 0 saturated heterocycles. The SMILES string of the molecule is COC(=O)C(CC(C=N)O[Si](C)(C)C(C)(C)C)C(C)C. The minimum Gasteiger partial charge on any atom is -0.469 e. The van der Waals surface area contributed by atoms with Crippen LogP contribution in [0.5, 0.6) is 0 Å². The van der Waals surface area contributed by atoms with Crippen molar-refractivity contribution in [3.63, 3.8) is 0 Å². The van der Waals surface area contributed by atoms with Crippen LogP contribution in [0.4, 0.5) is 0 Å². The topological polar surface area (TPSA) is 59.4 Å². The average Bonchev–Trinajstić information content (AvgIpc) is 2.31. The smallest absolute Gasteiger partial charge is 0.309 e. The van der Waals surface area contributed by atoms with E-state index < -0.39 is 8.32 Å². The van der Waals surface area contributed by atoms with Gasteiger partial charge in [-0.1, -0.05) is 34.6 Å². The van der Waals surface area contributed by atoms with Crippen molar-refractivity contribution >= 4 is 20.5 Å². The Bertz CT molecular complexity index is 335. The van der Waals surface area contributed by atoms with Crippen molar-refractivity contribution in [1.29, 1.82) is 5.41 Å². The highest BCUT2D eigenvalue weighted by Crippen LogP contribution is 2.38. The Kier molecular flexibility index (Phi) is 7.11. The van der Waals surface area contributed by atoms with Gasteiger partial charge in [0.2, 0.25) is 0 Å². The molecule has 0 bridgehead atoms. The zero-order valence-corrected chi connectivity index (χ0v) is 15.2. The predicted octanol–water partition coefficient (Wildman–Crippen LogP) is 3.86. The molecule has 0 aliphatic carbocycles. The van der Waals surface area contributed by atoms with Gasteiger partial charge in [-0.15, -0.1) is 0 Å². The van der Waals surface area contributed by atoms with Gasteiger partial charge in [0.25, 0.3) is 0 Å². The van der Waals surface area contributed by atoms with Crippen LogP contribution in [0.25, 0.3) is 0 Å². The fraction of sp³-hybridized carbons (Fsp3) is 0.867. The van der Waals surface area contributed by atoms with E-state index in [1.807, 2.05) is 13.8 Å². The van der Waals surface area contributed by atoms with Crippen LogP contribution < -0.4 is 0 Å². The van der Waals surface area contributed by atoms with Crippen LogP contribution in [0, 0.1) is 17.2 Å². The van der Waals surface area contributed by atoms with Gasteiger partial charge in [-0.3, -0.25) is 4.79 Å². The van der Waals surface area contributed by atoms with Gasteiger partial charge in [-0.05, 0) is 30.5 Å². The summed E-state index contributed by atoms with van der Waals surface area (Å²) in [6.45, 7) is 14.8. The first-order chi connectivity index (χ1) is 8.96. The highest BCUT2D eigenvalue weighted by Gasteiger charge is 2.39. The molecule has 0 spiro atoms. The summed E-state index contributed by atoms with van der Waals surface area (Å²) in [5, 5.41) is 7.69. The molecule has 0 aliphatic heterocycles. The second kappa shape index (κ2) is 7.36. The van der Waals surface area contributed by atoms with Gasteiger partial charge < -0.3 is 14.6 Å². The van der Waals surface area contributed by atoms with Gasteiger partial charge >= 0.3 is 5.97 Å². The molecule has 5 heteroatoms. The van der Waals surface area contributed by atoms with E-state index >= 15 is 0 Å². The summed E-state index contributed by atoms with van der Waals surface area (Å²) in [7, 11) is -0.530. The van der Waals surface area contributed by atoms with Crippen LogP contribution in [0.15, 0.2) is 0 Å². The van der Waals surface area contributed by atoms with Gasteiger partial charge in [-0.2, -0.15) is 0 Å². The van der Waals surface area contributed by atoms with Crippen molar-refractivity contribution in [2.75, 3.05) is 7.11 Å². The van der Waals surface area contributed by atoms with Crippen LogP contribution in [0.1, 0.15) is 41.0 Å². The molecule has 4 nitrogen and oxygen atoms in total. The third-order valence-electron chi connectivity index (χ3n) is 4.23. The summed E-state index contributed by atoms with van der Waals surface area (Å²) in [6, 6.07) is 0. The van der Waals surface area contributed by atoms with Crippen LogP contribution in [0.3, 0.4) is 0 Å². The van der Waals surface area contributed by atoms with E-state index in [0.29, 0.717) is 6.42 Å². The van der Waals surface area contributed by atoms with Gasteiger partial charge in [0.1, 0.15) is 0 Å². The predicted molar refractivity (Wildman–Crippen MR) is 85.8 cm³/mol. The lowest BCUT2D eigenvalue weighted by molar-refractivity contribution is -0.147. The number of carbonyl (C=O) groups is 1. The number of ether oxygens (including phenoxy) is 1. The van der Waals surface area contributed by atoms with E-state index in [0.717, 1.165) is 0 Å². The van der Waals surface area contributed by atoms with E-state index in [4.69, 9.17) is 14.6 Å². The number of rotatable bonds is 7. The van der Waals surface area contributed by atoms with Crippen molar-refractivity contribution in [2.45, 2.75) is 65.3 Å². The molecule has 0 heterocycles. The molecule has 0 saturated carbocycles. The van der Waals surface area contributed by atoms with Crippen LogP contribution in [0.2, 0.25) is 18.1 Å². The molecule has 0 fully saturated rings. The summed E-state index contributed by atoms with van der Waals surface area (Å²) in [5.74, 6) is -0.269. The summed E-state index contributed by atoms with van der Waals surface area (Å²) < 4.78 is 11.1. The lowest BCUT2D eigenvalue weighted by Gasteiger charge is -2.39. The molecule has 20 heavy (non-hydrogen) atoms. The van der Waals surface area contributed by atoms with E-state index in [-0.39, 0.29) is 28.9 Å². The maximum Gasteiger partial charge on any atom is 0.309 e. The molecule has 2 unspecified atom stereocenters. The standard InChI is InChI=1S/C15H31NO3Si/c1-11(2)13(14(17)18-6)9-12(10-16)19-20(7,8)15(3,4)5/h10-13,16H,9H2,1-8H3. The monoisotopic (exact) mass is 301 g/mol. The third-order valence-corrected chi connectivity index (χ3v) is 8.74. The van der Waals surface area contributed by atoms with Crippen molar-refractivity contribution in [3.05, 3.63) is 0 Å². The van der Waals surface area contributed by atoms with Gasteiger partial charge in [0.05, 0.1) is 19.1 Å². The second-order valence-corrected chi connectivity index (χ2v) is 11.9. The molecule has 0 aromatic carbocycles. The average molecular weight is 302 g/mol. The number of nitrogens with one attached hydrogen (secondary N) is 1. The number of hydrogen-bond donors (Lipinski definition) is 1. The van der Waals surface area contributed by atoms with Gasteiger partial charge in [-0.25, -0.2) is 0 Å². The maximum absolute atomic E-state index is 11.8. The first-order valence-electron chi connectivity index (χ1n) is 7.22. The van der Waals surface area contributed by atoms with E-state index in [9.17, 15) is 4.79 Å². The Balaban J connectivity index is 4.94. The number of carbonyl (C=O) groups excluding carboxylic acids is 1. The van der Waals surface area contributed by atoms with Crippen molar-refractivity contribution < 1.29 is 14.0 Å². The first-order valence-corrected chi connectivity index (χ1v) is 10.1. The Hall–Kier alpha value is -0.683. The Morgan fingerprint density at radius 1 is 1.30 bits per heavy atom. The largest absolute Gasteiger partial charge is 0.469 e. The highest BCUT2D eigenvalue weighted by atomic mass is 28.4. The number of hydrogen-bond acceptors (Lipinski definition) is 4. The number of esters is 1. The second-order valence-electron chi connectivity index (χ2n) is 7.19. The van der Waals surface area contributed by atoms with E-state index in [1.165, 1.54) is 13.3 Å². The lowest BCUT2D eigenvalue weighted by Crippen LogP contribution is -2.45. The zero-order chi connectivity index (χ0) is 16.1. The summed E-state index contributed by atoms with van der Waals surface area (Å²) >= 11 is 0. The molecular weight excluding hydrogens is 270 g/mol. The molecule has 0 radical (unpaired) electrons.